The quantitative estimate of drug-likeness (QED) is 0.457. The molecule has 1 atom stereocenters. The minimum absolute atomic E-state index is 0.482. The van der Waals surface area contributed by atoms with Crippen molar-refractivity contribution < 1.29 is 4.74 Å². The molecule has 0 aromatic rings. The fourth-order valence-corrected chi connectivity index (χ4v) is 1.13. The van der Waals surface area contributed by atoms with E-state index in [9.17, 15) is 0 Å². The van der Waals surface area contributed by atoms with Crippen LogP contribution in [-0.2, 0) is 4.74 Å². The van der Waals surface area contributed by atoms with E-state index < -0.39 is 8.80 Å². The zero-order valence-corrected chi connectivity index (χ0v) is 9.34. The second-order valence-electron chi connectivity index (χ2n) is 3.69. The molecule has 0 spiro atoms. The predicted molar refractivity (Wildman–Crippen MR) is 53.9 cm³/mol. The summed E-state index contributed by atoms with van der Waals surface area (Å²) < 4.78 is 5.45. The largest absolute Gasteiger partial charge is 0.377 e. The Bertz CT molecular complexity index is 121. The van der Waals surface area contributed by atoms with Crippen LogP contribution in [0.2, 0.25) is 18.6 Å². The monoisotopic (exact) mass is 172 g/mol. The minimum atomic E-state index is -0.482. The lowest BCUT2D eigenvalue weighted by molar-refractivity contribution is 0.156. The smallest absolute Gasteiger partial charge is 0.0671 e. The lowest BCUT2D eigenvalue weighted by atomic mass is 10.4. The molecule has 0 N–H and O–H groups in total. The van der Waals surface area contributed by atoms with Crippen LogP contribution in [0.3, 0.4) is 0 Å². The Labute approximate surface area is 72.1 Å². The predicted octanol–water partition coefficient (Wildman–Crippen LogP) is 2.46. The Morgan fingerprint density at radius 3 is 2.45 bits per heavy atom. The number of hydrogen-bond acceptors (Lipinski definition) is 1. The van der Waals surface area contributed by atoms with Gasteiger partial charge in [0.15, 0.2) is 0 Å². The molecule has 1 nitrogen and oxygen atoms in total. The van der Waals surface area contributed by atoms with Crippen LogP contribution >= 0.6 is 0 Å². The summed E-state index contributed by atoms with van der Waals surface area (Å²) in [6.45, 7) is 14.4. The third kappa shape index (κ3) is 6.32. The van der Waals surface area contributed by atoms with Crippen LogP contribution in [0.1, 0.15) is 13.8 Å². The fourth-order valence-electron chi connectivity index (χ4n) is 0.611. The molecular formula is C9H20OSi. The molecule has 0 saturated heterocycles. The van der Waals surface area contributed by atoms with Crippen molar-refractivity contribution in [1.29, 1.82) is 0 Å². The summed E-state index contributed by atoms with van der Waals surface area (Å²) in [5, 5.41) is 0. The van der Waals surface area contributed by atoms with Crippen molar-refractivity contribution in [3.05, 3.63) is 12.2 Å². The molecule has 0 aromatic carbocycles. The van der Waals surface area contributed by atoms with E-state index in [1.165, 1.54) is 0 Å². The third-order valence-electron chi connectivity index (χ3n) is 1.87. The average molecular weight is 172 g/mol. The van der Waals surface area contributed by atoms with Crippen LogP contribution in [-0.4, -0.2) is 22.0 Å². The molecule has 0 aliphatic rings. The lowest BCUT2D eigenvalue weighted by Crippen LogP contribution is -2.15. The van der Waals surface area contributed by atoms with Crippen LogP contribution in [0.15, 0.2) is 12.2 Å². The van der Waals surface area contributed by atoms with E-state index in [1.807, 2.05) is 6.92 Å². The molecule has 0 bridgehead atoms. The number of rotatable bonds is 5. The van der Waals surface area contributed by atoms with E-state index in [0.29, 0.717) is 0 Å². The summed E-state index contributed by atoms with van der Waals surface area (Å²) >= 11 is 0. The Balaban J connectivity index is 3.31. The summed E-state index contributed by atoms with van der Waals surface area (Å²) in [5.74, 6) is 0. The summed E-state index contributed by atoms with van der Waals surface area (Å²) in [7, 11) is -0.482. The average Bonchev–Trinajstić information content (AvgIpc) is 1.86. The van der Waals surface area contributed by atoms with Gasteiger partial charge in [-0.2, -0.15) is 0 Å². The van der Waals surface area contributed by atoms with Gasteiger partial charge in [-0.3, -0.25) is 0 Å². The van der Waals surface area contributed by atoms with E-state index in [1.54, 1.807) is 0 Å². The summed E-state index contributed by atoms with van der Waals surface area (Å²) in [6, 6.07) is 0. The summed E-state index contributed by atoms with van der Waals surface area (Å²) in [5.41, 5.74) is 1.90. The standard InChI is InChI=1S/C9H20OSi/c1-8(2)6-10-7-9(3)11(4)5/h9,11H,1,6-7H2,2-5H3. The van der Waals surface area contributed by atoms with Crippen LogP contribution in [0.4, 0.5) is 0 Å². The topological polar surface area (TPSA) is 9.23 Å². The van der Waals surface area contributed by atoms with Gasteiger partial charge >= 0.3 is 0 Å². The summed E-state index contributed by atoms with van der Waals surface area (Å²) in [6.07, 6.45) is 0. The highest BCUT2D eigenvalue weighted by atomic mass is 28.3. The molecule has 0 aromatic heterocycles. The van der Waals surface area contributed by atoms with Gasteiger partial charge in [-0.15, -0.1) is 0 Å². The summed E-state index contributed by atoms with van der Waals surface area (Å²) in [4.78, 5) is 0. The molecule has 0 aliphatic carbocycles. The first-order valence-corrected chi connectivity index (χ1v) is 7.23. The van der Waals surface area contributed by atoms with E-state index in [2.05, 4.69) is 26.6 Å². The maximum atomic E-state index is 5.45. The molecule has 0 radical (unpaired) electrons. The first-order valence-electron chi connectivity index (χ1n) is 4.26. The van der Waals surface area contributed by atoms with Crippen LogP contribution < -0.4 is 0 Å². The van der Waals surface area contributed by atoms with Crippen LogP contribution in [0.25, 0.3) is 0 Å². The SMILES string of the molecule is C=C(C)COCC(C)[SiH](C)C. The number of ether oxygens (including phenoxy) is 1. The van der Waals surface area contributed by atoms with E-state index in [4.69, 9.17) is 4.74 Å². The fraction of sp³-hybridized carbons (Fsp3) is 0.778. The molecule has 2 heteroatoms. The van der Waals surface area contributed by atoms with Crippen LogP contribution in [0.5, 0.6) is 0 Å². The van der Waals surface area contributed by atoms with Crippen molar-refractivity contribution in [2.75, 3.05) is 13.2 Å². The molecule has 1 unspecified atom stereocenters. The highest BCUT2D eigenvalue weighted by Crippen LogP contribution is 2.09. The van der Waals surface area contributed by atoms with Crippen molar-refractivity contribution >= 4 is 8.80 Å². The van der Waals surface area contributed by atoms with Gasteiger partial charge in [0.1, 0.15) is 0 Å². The molecule has 0 rings (SSSR count). The number of hydrogen-bond donors (Lipinski definition) is 0. The van der Waals surface area contributed by atoms with E-state index >= 15 is 0 Å². The van der Waals surface area contributed by atoms with E-state index in [-0.39, 0.29) is 0 Å². The molecule has 0 saturated carbocycles. The van der Waals surface area contributed by atoms with Crippen molar-refractivity contribution in [3.8, 4) is 0 Å². The maximum absolute atomic E-state index is 5.45. The van der Waals surface area contributed by atoms with Gasteiger partial charge in [-0.1, -0.05) is 32.2 Å². The van der Waals surface area contributed by atoms with E-state index in [0.717, 1.165) is 24.3 Å². The van der Waals surface area contributed by atoms with Gasteiger partial charge in [0, 0.05) is 15.4 Å². The first-order chi connectivity index (χ1) is 5.04. The molecule has 66 valence electrons. The maximum Gasteiger partial charge on any atom is 0.0671 e. The Hall–Kier alpha value is -0.0831. The van der Waals surface area contributed by atoms with Gasteiger partial charge in [-0.25, -0.2) is 0 Å². The van der Waals surface area contributed by atoms with Gasteiger partial charge in [0.2, 0.25) is 0 Å². The second kappa shape index (κ2) is 5.55. The van der Waals surface area contributed by atoms with Gasteiger partial charge in [-0.05, 0) is 12.5 Å². The zero-order valence-electron chi connectivity index (χ0n) is 8.18. The zero-order chi connectivity index (χ0) is 8.85. The van der Waals surface area contributed by atoms with Gasteiger partial charge in [0.05, 0.1) is 6.61 Å². The van der Waals surface area contributed by atoms with Gasteiger partial charge < -0.3 is 4.74 Å². The Morgan fingerprint density at radius 1 is 1.55 bits per heavy atom. The molecule has 0 fully saturated rings. The second-order valence-corrected chi connectivity index (χ2v) is 7.32. The van der Waals surface area contributed by atoms with Crippen molar-refractivity contribution in [2.45, 2.75) is 32.5 Å². The normalized spacial score (nSPS) is 13.5. The molecular weight excluding hydrogens is 152 g/mol. The molecule has 0 aliphatic heterocycles. The first kappa shape index (κ1) is 10.9. The van der Waals surface area contributed by atoms with Crippen molar-refractivity contribution in [1.82, 2.24) is 0 Å². The Morgan fingerprint density at radius 2 is 2.09 bits per heavy atom. The Kier molecular flexibility index (Phi) is 5.51. The van der Waals surface area contributed by atoms with Gasteiger partial charge in [0.25, 0.3) is 0 Å². The molecule has 0 heterocycles. The highest BCUT2D eigenvalue weighted by molar-refractivity contribution is 6.57. The lowest BCUT2D eigenvalue weighted by Gasteiger charge is -2.14. The molecule has 0 amide bonds. The van der Waals surface area contributed by atoms with Crippen LogP contribution in [0, 0.1) is 0 Å². The minimum Gasteiger partial charge on any atom is -0.377 e. The highest BCUT2D eigenvalue weighted by Gasteiger charge is 2.07. The van der Waals surface area contributed by atoms with Crippen molar-refractivity contribution in [2.24, 2.45) is 0 Å². The molecule has 11 heavy (non-hydrogen) atoms. The van der Waals surface area contributed by atoms with Crippen molar-refractivity contribution in [3.63, 3.8) is 0 Å². The third-order valence-corrected chi connectivity index (χ3v) is 4.34.